The molecule has 2 nitrogen and oxygen atoms in total. The molecule has 3 rings (SSSR count). The molecule has 0 amide bonds. The number of rotatable bonds is 11. The third kappa shape index (κ3) is 9.12. The number of hydrogen-bond donors (Lipinski definition) is 0. The first-order valence-corrected chi connectivity index (χ1v) is 13.4. The largest absolute Gasteiger partial charge is 0.378 e. The Hall–Kier alpha value is -0.480. The van der Waals surface area contributed by atoms with Crippen molar-refractivity contribution >= 4 is 0 Å². The zero-order chi connectivity index (χ0) is 21.9. The number of ether oxygens (including phenoxy) is 2. The normalized spacial score (nSPS) is 34.4. The fourth-order valence-corrected chi connectivity index (χ4v) is 6.31. The fraction of sp³-hybridized carbons (Fsp3) is 0.926. The van der Waals surface area contributed by atoms with Crippen molar-refractivity contribution in [3.05, 3.63) is 12.2 Å². The quantitative estimate of drug-likeness (QED) is 0.301. The van der Waals surface area contributed by atoms with E-state index in [1.54, 1.807) is 0 Å². The predicted molar refractivity (Wildman–Crippen MR) is 123 cm³/mol. The molecule has 0 N–H and O–H groups in total. The summed E-state index contributed by atoms with van der Waals surface area (Å²) in [6.07, 6.45) is 20.1. The van der Waals surface area contributed by atoms with Gasteiger partial charge in [0.2, 0.25) is 0 Å². The van der Waals surface area contributed by atoms with Gasteiger partial charge in [0.05, 0.1) is 18.8 Å². The Kier molecular flexibility index (Phi) is 11.3. The van der Waals surface area contributed by atoms with Gasteiger partial charge in [0.25, 0.3) is 6.08 Å². The van der Waals surface area contributed by atoms with E-state index in [4.69, 9.17) is 9.47 Å². The number of unbranched alkanes of at least 4 members (excludes halogenated alkanes) is 2. The SMILES string of the molecule is CCCCCC1CCC(C2CCC(OCCCC3CCC(C=C(F)F)OC3)CC2)CC1. The van der Waals surface area contributed by atoms with Crippen LogP contribution in [0, 0.1) is 23.7 Å². The Balaban J connectivity index is 1.20. The van der Waals surface area contributed by atoms with Gasteiger partial charge in [-0.2, -0.15) is 8.78 Å². The van der Waals surface area contributed by atoms with Crippen LogP contribution in [0.4, 0.5) is 8.78 Å². The molecule has 1 heterocycles. The van der Waals surface area contributed by atoms with Crippen LogP contribution in [0.1, 0.15) is 110 Å². The van der Waals surface area contributed by atoms with Gasteiger partial charge >= 0.3 is 0 Å². The summed E-state index contributed by atoms with van der Waals surface area (Å²) in [6.45, 7) is 3.76. The molecule has 0 aromatic carbocycles. The van der Waals surface area contributed by atoms with Gasteiger partial charge < -0.3 is 9.47 Å². The molecule has 3 aliphatic rings. The van der Waals surface area contributed by atoms with E-state index in [-0.39, 0.29) is 6.10 Å². The van der Waals surface area contributed by atoms with Gasteiger partial charge in [-0.3, -0.25) is 0 Å². The van der Waals surface area contributed by atoms with Crippen LogP contribution in [-0.2, 0) is 9.47 Å². The second kappa shape index (κ2) is 13.9. The lowest BCUT2D eigenvalue weighted by Gasteiger charge is -2.38. The lowest BCUT2D eigenvalue weighted by molar-refractivity contribution is -0.0100. The van der Waals surface area contributed by atoms with E-state index in [0.29, 0.717) is 25.0 Å². The van der Waals surface area contributed by atoms with Gasteiger partial charge in [-0.05, 0) is 87.9 Å². The molecule has 1 saturated heterocycles. The molecule has 4 heteroatoms. The van der Waals surface area contributed by atoms with Gasteiger partial charge in [-0.25, -0.2) is 0 Å². The fourth-order valence-electron chi connectivity index (χ4n) is 6.31. The minimum Gasteiger partial charge on any atom is -0.378 e. The lowest BCUT2D eigenvalue weighted by atomic mass is 9.70. The van der Waals surface area contributed by atoms with Crippen molar-refractivity contribution in [3.8, 4) is 0 Å². The Morgan fingerprint density at radius 2 is 1.45 bits per heavy atom. The number of hydrogen-bond acceptors (Lipinski definition) is 2. The zero-order valence-corrected chi connectivity index (χ0v) is 19.8. The van der Waals surface area contributed by atoms with Crippen molar-refractivity contribution in [3.63, 3.8) is 0 Å². The maximum absolute atomic E-state index is 12.3. The molecule has 0 bridgehead atoms. The predicted octanol–water partition coefficient (Wildman–Crippen LogP) is 8.30. The molecule has 2 aliphatic carbocycles. The zero-order valence-electron chi connectivity index (χ0n) is 19.8. The molecule has 2 saturated carbocycles. The molecular formula is C27H46F2O2. The standard InChI is InChI=1S/C27H46F2O2/c1-2-3-4-6-21-8-11-23(12-9-21)24-13-16-25(17-14-24)30-18-5-7-22-10-15-26(31-20-22)19-27(28)29/h19,21-26H,2-18,20H2,1H3. The van der Waals surface area contributed by atoms with Crippen molar-refractivity contribution in [1.82, 2.24) is 0 Å². The first-order valence-electron chi connectivity index (χ1n) is 13.4. The highest BCUT2D eigenvalue weighted by atomic mass is 19.3. The Morgan fingerprint density at radius 1 is 0.806 bits per heavy atom. The highest BCUT2D eigenvalue weighted by molar-refractivity contribution is 4.91. The Bertz CT molecular complexity index is 495. The van der Waals surface area contributed by atoms with Crippen LogP contribution in [0.15, 0.2) is 12.2 Å². The molecule has 0 radical (unpaired) electrons. The summed E-state index contributed by atoms with van der Waals surface area (Å²) in [5, 5.41) is 0. The van der Waals surface area contributed by atoms with E-state index >= 15 is 0 Å². The smallest absolute Gasteiger partial charge is 0.268 e. The van der Waals surface area contributed by atoms with Gasteiger partial charge in [-0.1, -0.05) is 45.4 Å². The molecule has 0 spiro atoms. The average Bonchev–Trinajstić information content (AvgIpc) is 2.79. The van der Waals surface area contributed by atoms with E-state index in [1.165, 1.54) is 77.0 Å². The molecule has 1 aliphatic heterocycles. The van der Waals surface area contributed by atoms with Gasteiger partial charge in [0.1, 0.15) is 0 Å². The van der Waals surface area contributed by atoms with Crippen LogP contribution in [0.25, 0.3) is 0 Å². The minimum atomic E-state index is -1.62. The average molecular weight is 441 g/mol. The summed E-state index contributed by atoms with van der Waals surface area (Å²) in [5.41, 5.74) is 0. The topological polar surface area (TPSA) is 18.5 Å². The summed E-state index contributed by atoms with van der Waals surface area (Å²) in [7, 11) is 0. The van der Waals surface area contributed by atoms with Crippen molar-refractivity contribution < 1.29 is 18.3 Å². The first-order chi connectivity index (χ1) is 15.1. The third-order valence-electron chi connectivity index (χ3n) is 8.32. The monoisotopic (exact) mass is 440 g/mol. The van der Waals surface area contributed by atoms with Gasteiger partial charge in [0.15, 0.2) is 0 Å². The van der Waals surface area contributed by atoms with E-state index in [9.17, 15) is 8.78 Å². The second-order valence-corrected chi connectivity index (χ2v) is 10.6. The van der Waals surface area contributed by atoms with Crippen LogP contribution < -0.4 is 0 Å². The van der Waals surface area contributed by atoms with E-state index < -0.39 is 6.08 Å². The summed E-state index contributed by atoms with van der Waals surface area (Å²) >= 11 is 0. The Labute approximate surface area is 189 Å². The molecule has 2 unspecified atom stereocenters. The van der Waals surface area contributed by atoms with Crippen LogP contribution in [0.3, 0.4) is 0 Å². The van der Waals surface area contributed by atoms with Crippen LogP contribution in [-0.4, -0.2) is 25.4 Å². The van der Waals surface area contributed by atoms with Crippen molar-refractivity contribution in [2.75, 3.05) is 13.2 Å². The molecule has 180 valence electrons. The number of halogens is 2. The Morgan fingerprint density at radius 3 is 2.06 bits per heavy atom. The highest BCUT2D eigenvalue weighted by Gasteiger charge is 2.31. The maximum atomic E-state index is 12.3. The minimum absolute atomic E-state index is 0.385. The molecule has 2 atom stereocenters. The molecule has 3 fully saturated rings. The molecule has 0 aromatic heterocycles. The maximum Gasteiger partial charge on any atom is 0.268 e. The van der Waals surface area contributed by atoms with Crippen LogP contribution >= 0.6 is 0 Å². The lowest BCUT2D eigenvalue weighted by Crippen LogP contribution is -2.29. The van der Waals surface area contributed by atoms with E-state index in [1.807, 2.05) is 0 Å². The summed E-state index contributed by atoms with van der Waals surface area (Å²) in [5.74, 6) is 3.46. The van der Waals surface area contributed by atoms with Gasteiger partial charge in [-0.15, -0.1) is 0 Å². The van der Waals surface area contributed by atoms with Crippen molar-refractivity contribution in [2.45, 2.75) is 122 Å². The van der Waals surface area contributed by atoms with Crippen molar-refractivity contribution in [2.24, 2.45) is 23.7 Å². The summed E-state index contributed by atoms with van der Waals surface area (Å²) in [6, 6.07) is 0. The van der Waals surface area contributed by atoms with Crippen LogP contribution in [0.5, 0.6) is 0 Å². The van der Waals surface area contributed by atoms with Crippen molar-refractivity contribution in [1.29, 1.82) is 0 Å². The van der Waals surface area contributed by atoms with E-state index in [2.05, 4.69) is 6.92 Å². The van der Waals surface area contributed by atoms with Crippen LogP contribution in [0.2, 0.25) is 0 Å². The van der Waals surface area contributed by atoms with E-state index in [0.717, 1.165) is 49.7 Å². The molecular weight excluding hydrogens is 394 g/mol. The molecule has 0 aromatic rings. The highest BCUT2D eigenvalue weighted by Crippen LogP contribution is 2.41. The second-order valence-electron chi connectivity index (χ2n) is 10.6. The van der Waals surface area contributed by atoms with Gasteiger partial charge in [0, 0.05) is 12.7 Å². The molecule has 31 heavy (non-hydrogen) atoms. The third-order valence-corrected chi connectivity index (χ3v) is 8.32. The summed E-state index contributed by atoms with van der Waals surface area (Å²) in [4.78, 5) is 0. The first kappa shape index (κ1) is 25.1. The summed E-state index contributed by atoms with van der Waals surface area (Å²) < 4.78 is 36.4.